The number of ether oxygens (including phenoxy) is 2. The number of hydrogen-bond donors (Lipinski definition) is 0. The van der Waals surface area contributed by atoms with E-state index in [1.807, 2.05) is 13.8 Å². The summed E-state index contributed by atoms with van der Waals surface area (Å²) in [7, 11) is 0. The molecule has 0 aliphatic heterocycles. The van der Waals surface area contributed by atoms with Gasteiger partial charge in [-0.05, 0) is 49.4 Å². The van der Waals surface area contributed by atoms with Gasteiger partial charge in [-0.15, -0.1) is 0 Å². The Balaban J connectivity index is 5.50. The summed E-state index contributed by atoms with van der Waals surface area (Å²) in [5.41, 5.74) is -1.80. The highest BCUT2D eigenvalue weighted by Gasteiger charge is 2.63. The first-order valence-electron chi connectivity index (χ1n) is 14.3. The second-order valence-corrected chi connectivity index (χ2v) is 11.7. The molecule has 4 heteroatoms. The molecule has 0 heterocycles. The molecule has 0 N–H and O–H groups in total. The van der Waals surface area contributed by atoms with Crippen LogP contribution >= 0.6 is 0 Å². The van der Waals surface area contributed by atoms with Gasteiger partial charge in [0.25, 0.3) is 0 Å². The van der Waals surface area contributed by atoms with Gasteiger partial charge >= 0.3 is 11.9 Å². The van der Waals surface area contributed by atoms with Crippen LogP contribution in [0.3, 0.4) is 0 Å². The van der Waals surface area contributed by atoms with E-state index in [-0.39, 0.29) is 23.8 Å². The first kappa shape index (κ1) is 32.9. The van der Waals surface area contributed by atoms with Gasteiger partial charge in [0.15, 0.2) is 0 Å². The Morgan fingerprint density at radius 1 is 0.559 bits per heavy atom. The van der Waals surface area contributed by atoms with E-state index in [0.29, 0.717) is 37.9 Å². The largest absolute Gasteiger partial charge is 0.465 e. The number of unbranched alkanes of at least 4 members (excludes halogenated alkanes) is 4. The Morgan fingerprint density at radius 2 is 0.882 bits per heavy atom. The zero-order valence-electron chi connectivity index (χ0n) is 24.4. The summed E-state index contributed by atoms with van der Waals surface area (Å²) >= 11 is 0. The first-order valence-corrected chi connectivity index (χ1v) is 14.3. The van der Waals surface area contributed by atoms with Crippen molar-refractivity contribution in [2.45, 2.75) is 133 Å². The van der Waals surface area contributed by atoms with Crippen LogP contribution in [0.25, 0.3) is 0 Å². The Morgan fingerprint density at radius 3 is 1.12 bits per heavy atom. The molecule has 2 unspecified atom stereocenters. The molecule has 0 fully saturated rings. The maximum Gasteiger partial charge on any atom is 0.313 e. The van der Waals surface area contributed by atoms with Gasteiger partial charge in [0.1, 0.15) is 0 Å². The van der Waals surface area contributed by atoms with Crippen molar-refractivity contribution in [3.63, 3.8) is 0 Å². The number of hydrogen-bond acceptors (Lipinski definition) is 4. The fourth-order valence-corrected chi connectivity index (χ4v) is 5.85. The molecular weight excluding hydrogens is 424 g/mol. The van der Waals surface area contributed by atoms with Crippen molar-refractivity contribution in [2.75, 3.05) is 13.2 Å². The molecule has 0 radical (unpaired) electrons. The highest BCUT2D eigenvalue weighted by Crippen LogP contribution is 2.56. The fraction of sp³-hybridized carbons (Fsp3) is 0.933. The highest BCUT2D eigenvalue weighted by atomic mass is 16.5. The van der Waals surface area contributed by atoms with Gasteiger partial charge in [-0.2, -0.15) is 0 Å². The predicted octanol–water partition coefficient (Wildman–Crippen LogP) is 8.61. The van der Waals surface area contributed by atoms with Gasteiger partial charge in [0.2, 0.25) is 0 Å². The molecule has 0 aliphatic rings. The Kier molecular flexibility index (Phi) is 16.1. The smallest absolute Gasteiger partial charge is 0.313 e. The van der Waals surface area contributed by atoms with Crippen molar-refractivity contribution in [2.24, 2.45) is 34.5 Å². The molecule has 0 saturated heterocycles. The zero-order chi connectivity index (χ0) is 26.4. The molecule has 0 aromatic rings. The van der Waals surface area contributed by atoms with Crippen LogP contribution in [-0.4, -0.2) is 25.2 Å². The van der Waals surface area contributed by atoms with E-state index < -0.39 is 10.8 Å². The van der Waals surface area contributed by atoms with Crippen molar-refractivity contribution in [1.29, 1.82) is 0 Å². The summed E-state index contributed by atoms with van der Waals surface area (Å²) in [6.07, 6.45) is 9.72. The summed E-state index contributed by atoms with van der Waals surface area (Å²) in [5, 5.41) is 0. The monoisotopic (exact) mass is 482 g/mol. The quantitative estimate of drug-likeness (QED) is 0.137. The molecule has 2 atom stereocenters. The van der Waals surface area contributed by atoms with Crippen LogP contribution < -0.4 is 0 Å². The Bertz CT molecular complexity index is 516. The molecular formula is C30H58O4. The van der Waals surface area contributed by atoms with Crippen molar-refractivity contribution in [1.82, 2.24) is 0 Å². The molecule has 34 heavy (non-hydrogen) atoms. The molecule has 202 valence electrons. The third-order valence-electron chi connectivity index (χ3n) is 7.93. The second kappa shape index (κ2) is 16.6. The van der Waals surface area contributed by atoms with Crippen LogP contribution in [0.15, 0.2) is 0 Å². The van der Waals surface area contributed by atoms with Crippen LogP contribution in [0, 0.1) is 34.5 Å². The minimum atomic E-state index is -0.900. The van der Waals surface area contributed by atoms with Crippen molar-refractivity contribution in [3.8, 4) is 0 Å². The van der Waals surface area contributed by atoms with Gasteiger partial charge in [0, 0.05) is 0 Å². The number of carbonyl (C=O) groups is 2. The van der Waals surface area contributed by atoms with Gasteiger partial charge in [-0.3, -0.25) is 9.59 Å². The van der Waals surface area contributed by atoms with Crippen LogP contribution in [-0.2, 0) is 19.1 Å². The molecule has 0 spiro atoms. The number of carbonyl (C=O) groups excluding carboxylic acids is 2. The highest BCUT2D eigenvalue weighted by molar-refractivity contribution is 5.89. The van der Waals surface area contributed by atoms with Crippen LogP contribution in [0.5, 0.6) is 0 Å². The SMILES string of the molecule is CCC(C(=O)OCCCCCC(C)C)(C(C)C)C(CC)(C(=O)OCCCCCC(C)C)C(C)C. The summed E-state index contributed by atoms with van der Waals surface area (Å²) in [4.78, 5) is 27.5. The zero-order valence-corrected chi connectivity index (χ0v) is 24.4. The molecule has 0 aliphatic carbocycles. The lowest BCUT2D eigenvalue weighted by atomic mass is 9.51. The molecule has 0 amide bonds. The Labute approximate surface area is 212 Å². The van der Waals surface area contributed by atoms with Gasteiger partial charge in [0.05, 0.1) is 24.0 Å². The summed E-state index contributed by atoms with van der Waals surface area (Å²) < 4.78 is 11.8. The molecule has 0 rings (SSSR count). The van der Waals surface area contributed by atoms with E-state index in [1.165, 1.54) is 12.8 Å². The molecule has 4 nitrogen and oxygen atoms in total. The Hall–Kier alpha value is -1.06. The van der Waals surface area contributed by atoms with E-state index in [2.05, 4.69) is 55.4 Å². The van der Waals surface area contributed by atoms with E-state index in [9.17, 15) is 9.59 Å². The summed E-state index contributed by atoms with van der Waals surface area (Å²) in [5.74, 6) is 0.887. The fourth-order valence-electron chi connectivity index (χ4n) is 5.85. The topological polar surface area (TPSA) is 52.6 Å². The van der Waals surface area contributed by atoms with Crippen LogP contribution in [0.2, 0.25) is 0 Å². The van der Waals surface area contributed by atoms with Crippen molar-refractivity contribution < 1.29 is 19.1 Å². The van der Waals surface area contributed by atoms with Gasteiger partial charge in [-0.25, -0.2) is 0 Å². The number of rotatable bonds is 19. The van der Waals surface area contributed by atoms with E-state index in [0.717, 1.165) is 38.5 Å². The average molecular weight is 483 g/mol. The van der Waals surface area contributed by atoms with Crippen LogP contribution in [0.1, 0.15) is 133 Å². The lowest BCUT2D eigenvalue weighted by molar-refractivity contribution is -0.195. The molecule has 0 saturated carbocycles. The lowest BCUT2D eigenvalue weighted by Gasteiger charge is -2.51. The molecule has 0 aromatic heterocycles. The minimum Gasteiger partial charge on any atom is -0.465 e. The third kappa shape index (κ3) is 8.86. The van der Waals surface area contributed by atoms with Crippen molar-refractivity contribution in [3.05, 3.63) is 0 Å². The van der Waals surface area contributed by atoms with Gasteiger partial charge < -0.3 is 9.47 Å². The minimum absolute atomic E-state index is 0.0353. The summed E-state index contributed by atoms with van der Waals surface area (Å²) in [6.45, 7) is 22.1. The number of esters is 2. The van der Waals surface area contributed by atoms with E-state index in [1.54, 1.807) is 0 Å². The van der Waals surface area contributed by atoms with E-state index in [4.69, 9.17) is 9.47 Å². The normalized spacial score (nSPS) is 15.6. The maximum atomic E-state index is 13.7. The third-order valence-corrected chi connectivity index (χ3v) is 7.93. The van der Waals surface area contributed by atoms with Crippen LogP contribution in [0.4, 0.5) is 0 Å². The predicted molar refractivity (Wildman–Crippen MR) is 144 cm³/mol. The average Bonchev–Trinajstić information content (AvgIpc) is 2.75. The second-order valence-electron chi connectivity index (χ2n) is 11.7. The van der Waals surface area contributed by atoms with Gasteiger partial charge in [-0.1, -0.05) is 108 Å². The maximum absolute atomic E-state index is 13.7. The summed E-state index contributed by atoms with van der Waals surface area (Å²) in [6, 6.07) is 0. The van der Waals surface area contributed by atoms with E-state index >= 15 is 0 Å². The first-order chi connectivity index (χ1) is 15.9. The lowest BCUT2D eigenvalue weighted by Crippen LogP contribution is -2.58. The molecule has 0 aromatic carbocycles. The molecule has 0 bridgehead atoms. The van der Waals surface area contributed by atoms with Crippen molar-refractivity contribution >= 4 is 11.9 Å². The standard InChI is InChI=1S/C30H58O4/c1-11-29(25(7)8,27(31)33-21-17-13-15-19-23(3)4)30(12-2,26(9)10)28(32)34-22-18-14-16-20-24(5)6/h23-26H,11-22H2,1-10H3.